The van der Waals surface area contributed by atoms with Crippen LogP contribution in [0.2, 0.25) is 0 Å². The zero-order valence-corrected chi connectivity index (χ0v) is 10.4. The second-order valence-corrected chi connectivity index (χ2v) is 5.94. The molecule has 2 heteroatoms. The van der Waals surface area contributed by atoms with E-state index in [0.29, 0.717) is 6.04 Å². The zero-order chi connectivity index (χ0) is 10.8. The van der Waals surface area contributed by atoms with Gasteiger partial charge in [-0.05, 0) is 24.0 Å². The van der Waals surface area contributed by atoms with Crippen molar-refractivity contribution in [2.75, 3.05) is 5.75 Å². The molecule has 1 aromatic rings. The van der Waals surface area contributed by atoms with Crippen LogP contribution in [0.3, 0.4) is 0 Å². The van der Waals surface area contributed by atoms with E-state index in [1.807, 2.05) is 0 Å². The molecule has 3 rings (SSSR count). The monoisotopic (exact) mass is 233 g/mol. The van der Waals surface area contributed by atoms with Crippen molar-refractivity contribution in [2.24, 2.45) is 0 Å². The third-order valence-electron chi connectivity index (χ3n) is 3.76. The van der Waals surface area contributed by atoms with Crippen LogP contribution in [-0.2, 0) is 5.75 Å². The van der Waals surface area contributed by atoms with E-state index in [1.54, 1.807) is 5.56 Å². The lowest BCUT2D eigenvalue weighted by Crippen LogP contribution is -2.33. The molecule has 1 unspecified atom stereocenters. The molecule has 0 radical (unpaired) electrons. The zero-order valence-electron chi connectivity index (χ0n) is 9.61. The van der Waals surface area contributed by atoms with Crippen LogP contribution in [0.25, 0.3) is 0 Å². The maximum atomic E-state index is 3.85. The van der Waals surface area contributed by atoms with Gasteiger partial charge in [0.05, 0.1) is 0 Å². The molecule has 1 aliphatic carbocycles. The van der Waals surface area contributed by atoms with Crippen LogP contribution in [0.5, 0.6) is 0 Å². The molecule has 0 bridgehead atoms. The Morgan fingerprint density at radius 2 is 1.94 bits per heavy atom. The summed E-state index contributed by atoms with van der Waals surface area (Å²) < 4.78 is 0. The van der Waals surface area contributed by atoms with Gasteiger partial charge in [0.25, 0.3) is 0 Å². The number of hydrogen-bond donors (Lipinski definition) is 1. The fraction of sp³-hybridized carbons (Fsp3) is 0.571. The maximum Gasteiger partial charge on any atom is 0.0417 e. The third-order valence-corrected chi connectivity index (χ3v) is 4.85. The summed E-state index contributed by atoms with van der Waals surface area (Å²) in [6.07, 6.45) is 5.59. The summed E-state index contributed by atoms with van der Waals surface area (Å²) in [7, 11) is 0. The van der Waals surface area contributed by atoms with Gasteiger partial charge in [0, 0.05) is 23.6 Å². The topological polar surface area (TPSA) is 12.0 Å². The molecule has 1 aliphatic heterocycles. The van der Waals surface area contributed by atoms with Gasteiger partial charge in [-0.15, -0.1) is 0 Å². The average molecular weight is 233 g/mol. The molecular formula is C14H19NS. The van der Waals surface area contributed by atoms with E-state index in [-0.39, 0.29) is 0 Å². The number of thioether (sulfide) groups is 1. The van der Waals surface area contributed by atoms with E-state index in [9.17, 15) is 0 Å². The lowest BCUT2D eigenvalue weighted by atomic mass is 10.0. The standard InChI is InChI=1S/C14H19NS/c1-4-8-13-11(5-1)9-16-10-14(13)15-12-6-2-3-7-12/h1,4-5,8,12,14-15H,2-3,6-7,9-10H2. The highest BCUT2D eigenvalue weighted by Crippen LogP contribution is 2.33. The van der Waals surface area contributed by atoms with Gasteiger partial charge in [-0.3, -0.25) is 0 Å². The molecule has 0 saturated heterocycles. The molecule has 2 aliphatic rings. The first-order valence-corrected chi connectivity index (χ1v) is 7.50. The van der Waals surface area contributed by atoms with E-state index in [2.05, 4.69) is 41.3 Å². The fourth-order valence-corrected chi connectivity index (χ4v) is 4.01. The Morgan fingerprint density at radius 3 is 2.81 bits per heavy atom. The minimum Gasteiger partial charge on any atom is -0.306 e. The number of hydrogen-bond acceptors (Lipinski definition) is 2. The first kappa shape index (κ1) is 10.7. The summed E-state index contributed by atoms with van der Waals surface area (Å²) in [4.78, 5) is 0. The Morgan fingerprint density at radius 1 is 1.12 bits per heavy atom. The summed E-state index contributed by atoms with van der Waals surface area (Å²) in [6, 6.07) is 10.3. The van der Waals surface area contributed by atoms with Crippen molar-refractivity contribution in [3.63, 3.8) is 0 Å². The number of benzene rings is 1. The summed E-state index contributed by atoms with van der Waals surface area (Å²) in [5, 5.41) is 3.85. The van der Waals surface area contributed by atoms with E-state index in [4.69, 9.17) is 0 Å². The van der Waals surface area contributed by atoms with Gasteiger partial charge in [-0.2, -0.15) is 11.8 Å². The minimum absolute atomic E-state index is 0.595. The fourth-order valence-electron chi connectivity index (χ4n) is 2.90. The molecule has 1 aromatic carbocycles. The van der Waals surface area contributed by atoms with Gasteiger partial charge in [-0.25, -0.2) is 0 Å². The Kier molecular flexibility index (Phi) is 3.20. The highest BCUT2D eigenvalue weighted by Gasteiger charge is 2.24. The molecule has 16 heavy (non-hydrogen) atoms. The van der Waals surface area contributed by atoms with Crippen LogP contribution in [0.15, 0.2) is 24.3 Å². The quantitative estimate of drug-likeness (QED) is 0.839. The maximum absolute atomic E-state index is 3.85. The molecule has 1 heterocycles. The van der Waals surface area contributed by atoms with Crippen LogP contribution >= 0.6 is 11.8 Å². The summed E-state index contributed by atoms with van der Waals surface area (Å²) in [5.74, 6) is 2.44. The lowest BCUT2D eigenvalue weighted by Gasteiger charge is -2.28. The molecule has 1 N–H and O–H groups in total. The van der Waals surface area contributed by atoms with Gasteiger partial charge >= 0.3 is 0 Å². The predicted octanol–water partition coefficient (Wildman–Crippen LogP) is 3.51. The van der Waals surface area contributed by atoms with Crippen molar-refractivity contribution in [3.8, 4) is 0 Å². The van der Waals surface area contributed by atoms with Crippen LogP contribution in [0.4, 0.5) is 0 Å². The van der Waals surface area contributed by atoms with Crippen molar-refractivity contribution in [1.29, 1.82) is 0 Å². The number of fused-ring (bicyclic) bond motifs is 1. The normalized spacial score (nSPS) is 25.6. The Bertz CT molecular complexity index is 358. The largest absolute Gasteiger partial charge is 0.306 e. The molecule has 1 atom stereocenters. The second kappa shape index (κ2) is 4.80. The van der Waals surface area contributed by atoms with Gasteiger partial charge in [0.1, 0.15) is 0 Å². The lowest BCUT2D eigenvalue weighted by molar-refractivity contribution is 0.462. The number of rotatable bonds is 2. The molecule has 0 spiro atoms. The smallest absolute Gasteiger partial charge is 0.0417 e. The van der Waals surface area contributed by atoms with Crippen molar-refractivity contribution in [3.05, 3.63) is 35.4 Å². The molecule has 0 amide bonds. The summed E-state index contributed by atoms with van der Waals surface area (Å²) in [6.45, 7) is 0. The minimum atomic E-state index is 0.595. The van der Waals surface area contributed by atoms with Crippen molar-refractivity contribution in [2.45, 2.75) is 43.5 Å². The van der Waals surface area contributed by atoms with Crippen LogP contribution in [0.1, 0.15) is 42.9 Å². The first-order valence-electron chi connectivity index (χ1n) is 6.35. The summed E-state index contributed by atoms with van der Waals surface area (Å²) >= 11 is 2.07. The average Bonchev–Trinajstić information content (AvgIpc) is 2.82. The Balaban J connectivity index is 1.76. The van der Waals surface area contributed by atoms with E-state index in [0.717, 1.165) is 6.04 Å². The SMILES string of the molecule is c1ccc2c(c1)CSCC2NC1CCCC1. The van der Waals surface area contributed by atoms with Crippen LogP contribution in [0, 0.1) is 0 Å². The van der Waals surface area contributed by atoms with Gasteiger partial charge < -0.3 is 5.32 Å². The van der Waals surface area contributed by atoms with Crippen molar-refractivity contribution < 1.29 is 0 Å². The molecular weight excluding hydrogens is 214 g/mol. The van der Waals surface area contributed by atoms with E-state index >= 15 is 0 Å². The van der Waals surface area contributed by atoms with Gasteiger partial charge in [0.15, 0.2) is 0 Å². The second-order valence-electron chi connectivity index (χ2n) is 4.91. The molecule has 0 aromatic heterocycles. The molecule has 1 fully saturated rings. The first-order chi connectivity index (χ1) is 7.93. The Hall–Kier alpha value is -0.470. The highest BCUT2D eigenvalue weighted by molar-refractivity contribution is 7.98. The van der Waals surface area contributed by atoms with E-state index in [1.165, 1.54) is 42.8 Å². The van der Waals surface area contributed by atoms with E-state index < -0.39 is 0 Å². The third kappa shape index (κ3) is 2.14. The van der Waals surface area contributed by atoms with Crippen LogP contribution < -0.4 is 5.32 Å². The van der Waals surface area contributed by atoms with Crippen LogP contribution in [-0.4, -0.2) is 11.8 Å². The molecule has 1 nitrogen and oxygen atoms in total. The molecule has 1 saturated carbocycles. The highest BCUT2D eigenvalue weighted by atomic mass is 32.2. The molecule has 86 valence electrons. The predicted molar refractivity (Wildman–Crippen MR) is 70.7 cm³/mol. The van der Waals surface area contributed by atoms with Gasteiger partial charge in [0.2, 0.25) is 0 Å². The van der Waals surface area contributed by atoms with Crippen molar-refractivity contribution in [1.82, 2.24) is 5.32 Å². The summed E-state index contributed by atoms with van der Waals surface area (Å²) in [5.41, 5.74) is 3.09. The number of nitrogens with one attached hydrogen (secondary N) is 1. The van der Waals surface area contributed by atoms with Gasteiger partial charge in [-0.1, -0.05) is 37.1 Å². The Labute approximate surface area is 102 Å². The van der Waals surface area contributed by atoms with Crippen molar-refractivity contribution >= 4 is 11.8 Å².